The van der Waals surface area contributed by atoms with Crippen molar-refractivity contribution >= 4 is 22.8 Å². The number of imidazole rings is 1. The van der Waals surface area contributed by atoms with Gasteiger partial charge in [0.1, 0.15) is 5.75 Å². The number of fused-ring (bicyclic) bond motifs is 1. The lowest BCUT2D eigenvalue weighted by atomic mass is 10.1. The molecule has 194 valence electrons. The van der Waals surface area contributed by atoms with Crippen molar-refractivity contribution in [1.29, 1.82) is 0 Å². The van der Waals surface area contributed by atoms with Crippen LogP contribution in [0.25, 0.3) is 11.0 Å². The Balaban J connectivity index is 1.27. The van der Waals surface area contributed by atoms with Crippen molar-refractivity contribution in [2.75, 3.05) is 19.7 Å². The largest absolute Gasteiger partial charge is 0.484 e. The molecule has 0 saturated carbocycles. The van der Waals surface area contributed by atoms with Gasteiger partial charge in [-0.05, 0) is 37.6 Å². The zero-order valence-electron chi connectivity index (χ0n) is 19.9. The quantitative estimate of drug-likeness (QED) is 0.328. The molecule has 0 spiro atoms. The standard InChI is InChI=1S/C24H23F3N6O4/c1-14-7-8-18(15(2)11-14)36-13-20(34)28-9-10-29-21(35)22-31-19(32-37-22)12-33-17-6-4-3-5-16(17)30-23(33)24(25,26)27/h3-8,11H,9-10,12-13H2,1-2H3,(H,28,34)(H,29,35). The molecule has 0 aliphatic heterocycles. The van der Waals surface area contributed by atoms with Gasteiger partial charge in [0.15, 0.2) is 12.4 Å². The summed E-state index contributed by atoms with van der Waals surface area (Å²) in [5, 5.41) is 8.71. The first-order chi connectivity index (χ1) is 17.6. The summed E-state index contributed by atoms with van der Waals surface area (Å²) in [6, 6.07) is 11.7. The molecular formula is C24H23F3N6O4. The van der Waals surface area contributed by atoms with Gasteiger partial charge in [-0.2, -0.15) is 18.2 Å². The molecule has 10 nitrogen and oxygen atoms in total. The molecule has 0 fully saturated rings. The number of halogens is 3. The number of para-hydroxylation sites is 2. The molecule has 37 heavy (non-hydrogen) atoms. The first-order valence-electron chi connectivity index (χ1n) is 11.2. The molecule has 0 aliphatic rings. The Kier molecular flexibility index (Phi) is 7.41. The molecular weight excluding hydrogens is 493 g/mol. The topological polar surface area (TPSA) is 124 Å². The zero-order chi connectivity index (χ0) is 26.6. The lowest BCUT2D eigenvalue weighted by molar-refractivity contribution is -0.146. The first-order valence-corrected chi connectivity index (χ1v) is 11.2. The molecule has 4 aromatic rings. The van der Waals surface area contributed by atoms with E-state index in [1.807, 2.05) is 26.0 Å². The van der Waals surface area contributed by atoms with Gasteiger partial charge in [-0.15, -0.1) is 0 Å². The number of ether oxygens (including phenoxy) is 1. The van der Waals surface area contributed by atoms with Gasteiger partial charge in [0.05, 0.1) is 17.6 Å². The maximum absolute atomic E-state index is 13.5. The van der Waals surface area contributed by atoms with Gasteiger partial charge in [-0.25, -0.2) is 4.98 Å². The Labute approximate surface area is 208 Å². The van der Waals surface area contributed by atoms with E-state index in [2.05, 4.69) is 25.8 Å². The number of rotatable bonds is 9. The van der Waals surface area contributed by atoms with Crippen molar-refractivity contribution in [3.8, 4) is 5.75 Å². The zero-order valence-corrected chi connectivity index (χ0v) is 19.9. The molecule has 0 atom stereocenters. The third-order valence-corrected chi connectivity index (χ3v) is 5.29. The minimum atomic E-state index is -4.70. The van der Waals surface area contributed by atoms with E-state index in [0.717, 1.165) is 15.7 Å². The molecule has 2 N–H and O–H groups in total. The lowest BCUT2D eigenvalue weighted by Crippen LogP contribution is -2.36. The van der Waals surface area contributed by atoms with Crippen molar-refractivity contribution in [3.05, 3.63) is 71.1 Å². The van der Waals surface area contributed by atoms with Gasteiger partial charge >= 0.3 is 18.0 Å². The summed E-state index contributed by atoms with van der Waals surface area (Å²) >= 11 is 0. The van der Waals surface area contributed by atoms with Crippen LogP contribution in [0.4, 0.5) is 13.2 Å². The maximum atomic E-state index is 13.5. The molecule has 2 aromatic carbocycles. The molecule has 2 aromatic heterocycles. The van der Waals surface area contributed by atoms with Crippen LogP contribution in [0.15, 0.2) is 47.0 Å². The summed E-state index contributed by atoms with van der Waals surface area (Å²) in [6.45, 7) is 3.41. The molecule has 2 amide bonds. The van der Waals surface area contributed by atoms with Crippen LogP contribution in [0.3, 0.4) is 0 Å². The highest BCUT2D eigenvalue weighted by atomic mass is 19.4. The normalized spacial score (nSPS) is 11.5. The molecule has 0 aliphatic carbocycles. The van der Waals surface area contributed by atoms with Crippen molar-refractivity contribution in [3.63, 3.8) is 0 Å². The van der Waals surface area contributed by atoms with E-state index < -0.39 is 30.3 Å². The second-order valence-corrected chi connectivity index (χ2v) is 8.19. The fourth-order valence-corrected chi connectivity index (χ4v) is 3.61. The van der Waals surface area contributed by atoms with Crippen LogP contribution in [0, 0.1) is 13.8 Å². The minimum absolute atomic E-state index is 0.0518. The lowest BCUT2D eigenvalue weighted by Gasteiger charge is -2.10. The van der Waals surface area contributed by atoms with Crippen LogP contribution in [0.5, 0.6) is 5.75 Å². The van der Waals surface area contributed by atoms with Crippen LogP contribution in [-0.2, 0) is 17.5 Å². The number of amides is 2. The molecule has 0 radical (unpaired) electrons. The Hall–Kier alpha value is -4.42. The number of aryl methyl sites for hydroxylation is 2. The highest BCUT2D eigenvalue weighted by Crippen LogP contribution is 2.31. The molecule has 4 rings (SSSR count). The van der Waals surface area contributed by atoms with Crippen molar-refractivity contribution in [2.45, 2.75) is 26.6 Å². The van der Waals surface area contributed by atoms with Crippen LogP contribution in [0.2, 0.25) is 0 Å². The van der Waals surface area contributed by atoms with Crippen LogP contribution in [-0.4, -0.2) is 51.2 Å². The molecule has 0 bridgehead atoms. The van der Waals surface area contributed by atoms with Crippen LogP contribution < -0.4 is 15.4 Å². The fourth-order valence-electron chi connectivity index (χ4n) is 3.61. The molecule has 0 saturated heterocycles. The minimum Gasteiger partial charge on any atom is -0.484 e. The summed E-state index contributed by atoms with van der Waals surface area (Å²) in [6.07, 6.45) is -4.70. The number of benzene rings is 2. The van der Waals surface area contributed by atoms with E-state index in [1.54, 1.807) is 18.2 Å². The second-order valence-electron chi connectivity index (χ2n) is 8.19. The number of carbonyl (C=O) groups is 2. The van der Waals surface area contributed by atoms with Gasteiger partial charge in [-0.3, -0.25) is 9.59 Å². The van der Waals surface area contributed by atoms with E-state index in [-0.39, 0.29) is 42.5 Å². The summed E-state index contributed by atoms with van der Waals surface area (Å²) in [5.41, 5.74) is 2.40. The number of alkyl halides is 3. The average Bonchev–Trinajstić information content (AvgIpc) is 3.47. The average molecular weight is 516 g/mol. The van der Waals surface area contributed by atoms with E-state index in [1.165, 1.54) is 12.1 Å². The van der Waals surface area contributed by atoms with Crippen molar-refractivity contribution in [2.24, 2.45) is 0 Å². The number of nitrogens with zero attached hydrogens (tertiary/aromatic N) is 4. The number of carbonyl (C=O) groups excluding carboxylic acids is 2. The summed E-state index contributed by atoms with van der Waals surface area (Å²) < 4.78 is 51.7. The van der Waals surface area contributed by atoms with Crippen LogP contribution in [0.1, 0.15) is 33.5 Å². The number of hydrogen-bond donors (Lipinski definition) is 2. The number of hydrogen-bond acceptors (Lipinski definition) is 7. The predicted molar refractivity (Wildman–Crippen MR) is 125 cm³/mol. The maximum Gasteiger partial charge on any atom is 0.449 e. The van der Waals surface area contributed by atoms with Gasteiger partial charge in [0.2, 0.25) is 5.82 Å². The number of nitrogens with one attached hydrogen (secondary N) is 2. The Morgan fingerprint density at radius 2 is 1.81 bits per heavy atom. The smallest absolute Gasteiger partial charge is 0.449 e. The molecule has 2 heterocycles. The van der Waals surface area contributed by atoms with Crippen molar-refractivity contribution < 1.29 is 32.0 Å². The van der Waals surface area contributed by atoms with E-state index in [9.17, 15) is 22.8 Å². The van der Waals surface area contributed by atoms with E-state index >= 15 is 0 Å². The third-order valence-electron chi connectivity index (χ3n) is 5.29. The fraction of sp³-hybridized carbons (Fsp3) is 0.292. The third kappa shape index (κ3) is 6.23. The highest BCUT2D eigenvalue weighted by molar-refractivity contribution is 5.89. The van der Waals surface area contributed by atoms with E-state index in [0.29, 0.717) is 5.75 Å². The Morgan fingerprint density at radius 1 is 1.05 bits per heavy atom. The molecule has 13 heteroatoms. The summed E-state index contributed by atoms with van der Waals surface area (Å²) in [7, 11) is 0. The Morgan fingerprint density at radius 3 is 2.57 bits per heavy atom. The number of aromatic nitrogens is 4. The van der Waals surface area contributed by atoms with Gasteiger partial charge < -0.3 is 24.5 Å². The first kappa shape index (κ1) is 25.7. The second kappa shape index (κ2) is 10.7. The highest BCUT2D eigenvalue weighted by Gasteiger charge is 2.38. The van der Waals surface area contributed by atoms with Gasteiger partial charge in [0.25, 0.3) is 5.91 Å². The van der Waals surface area contributed by atoms with E-state index in [4.69, 9.17) is 9.26 Å². The van der Waals surface area contributed by atoms with Crippen molar-refractivity contribution in [1.82, 2.24) is 30.3 Å². The summed E-state index contributed by atoms with van der Waals surface area (Å²) in [5.74, 6) is -2.16. The van der Waals surface area contributed by atoms with Gasteiger partial charge in [-0.1, -0.05) is 35.0 Å². The van der Waals surface area contributed by atoms with Gasteiger partial charge in [0, 0.05) is 13.1 Å². The Bertz CT molecular complexity index is 1430. The van der Waals surface area contributed by atoms with Crippen LogP contribution >= 0.6 is 0 Å². The molecule has 0 unspecified atom stereocenters. The monoisotopic (exact) mass is 516 g/mol. The predicted octanol–water partition coefficient (Wildman–Crippen LogP) is 3.03. The summed E-state index contributed by atoms with van der Waals surface area (Å²) in [4.78, 5) is 31.8. The SMILES string of the molecule is Cc1ccc(OCC(=O)NCCNC(=O)c2nc(Cn3c(C(F)(F)F)nc4ccccc43)no2)c(C)c1.